The molecule has 0 unspecified atom stereocenters. The molecule has 0 saturated carbocycles. The number of ether oxygens (including phenoxy) is 37. The van der Waals surface area contributed by atoms with Crippen LogP contribution in [0.15, 0.2) is 0 Å². The third-order valence-electron chi connectivity index (χ3n) is 20.2. The molecule has 46 nitrogen and oxygen atoms in total. The van der Waals surface area contributed by atoms with Crippen LogP contribution in [0.3, 0.4) is 0 Å². The number of hydrogen-bond donors (Lipinski definition) is 1. The van der Waals surface area contributed by atoms with E-state index in [1.165, 1.54) is 51.4 Å². The van der Waals surface area contributed by atoms with Crippen LogP contribution in [0.2, 0.25) is 0 Å². The smallest absolute Gasteiger partial charge is 0.335 e. The lowest BCUT2D eigenvalue weighted by molar-refractivity contribution is -0.198. The van der Waals surface area contributed by atoms with E-state index in [0.717, 1.165) is 19.3 Å². The third-order valence-corrected chi connectivity index (χ3v) is 20.2. The topological polar surface area (TPSA) is 468 Å². The van der Waals surface area contributed by atoms with E-state index in [0.29, 0.717) is 481 Å². The van der Waals surface area contributed by atoms with Crippen molar-refractivity contribution in [3.8, 4) is 0 Å². The molecular weight excluding hydrogens is 1970 g/mol. The van der Waals surface area contributed by atoms with Gasteiger partial charge in [0.25, 0.3) is 11.8 Å². The van der Waals surface area contributed by atoms with E-state index >= 15 is 0 Å². The Morgan fingerprint density at radius 1 is 0.235 bits per heavy atom. The number of carbonyl (C=O) groups excluding carboxylic acids is 6. The lowest BCUT2D eigenvalue weighted by Crippen LogP contribution is -2.32. The number of nitrogens with zero attached hydrogens (tertiary/aromatic N) is 1. The van der Waals surface area contributed by atoms with E-state index in [-0.39, 0.29) is 63.4 Å². The number of imide groups is 1. The molecule has 0 aliphatic carbocycles. The lowest BCUT2D eigenvalue weighted by Gasteiger charge is -2.23. The van der Waals surface area contributed by atoms with Gasteiger partial charge in [0.15, 0.2) is 0 Å². The van der Waals surface area contributed by atoms with E-state index in [9.17, 15) is 28.8 Å². The minimum absolute atomic E-state index is 0.0484. The number of hydrogen-bond acceptors (Lipinski definition) is 44. The van der Waals surface area contributed by atoms with E-state index in [1.54, 1.807) is 20.8 Å². The van der Waals surface area contributed by atoms with Crippen molar-refractivity contribution in [3.63, 3.8) is 0 Å². The molecule has 1 fully saturated rings. The molecule has 1 rings (SSSR count). The predicted molar refractivity (Wildman–Crippen MR) is 544 cm³/mol. The van der Waals surface area contributed by atoms with Crippen molar-refractivity contribution in [1.82, 2.24) is 10.4 Å². The fourth-order valence-corrected chi connectivity index (χ4v) is 12.5. The van der Waals surface area contributed by atoms with Gasteiger partial charge in [-0.25, -0.2) is 4.79 Å². The molecule has 1 heterocycles. The fourth-order valence-electron chi connectivity index (χ4n) is 12.5. The molecular formula is C103H196N2O44. The van der Waals surface area contributed by atoms with Crippen LogP contribution in [0.5, 0.6) is 0 Å². The summed E-state index contributed by atoms with van der Waals surface area (Å²) < 4.78 is 205. The molecule has 0 aromatic rings. The Kier molecular flexibility index (Phi) is 116. The van der Waals surface area contributed by atoms with E-state index in [1.807, 2.05) is 0 Å². The summed E-state index contributed by atoms with van der Waals surface area (Å²) in [6.07, 6.45) is 14.2. The Hall–Kier alpha value is -4.22. The molecule has 1 saturated heterocycles. The normalized spacial score (nSPS) is 12.6. The number of Topliss-reactive ketones (excluding diaryl/α,β-unsaturated/α-hetero) is 1. The summed E-state index contributed by atoms with van der Waals surface area (Å²) in [5.41, 5.74) is -0.679. The van der Waals surface area contributed by atoms with Gasteiger partial charge in [0.2, 0.25) is 5.91 Å². The highest BCUT2D eigenvalue weighted by atomic mass is 16.7. The quantitative estimate of drug-likeness (QED) is 0.0408. The summed E-state index contributed by atoms with van der Waals surface area (Å²) in [5.74, 6) is -2.97. The van der Waals surface area contributed by atoms with Gasteiger partial charge in [0, 0.05) is 38.6 Å². The fraction of sp³-hybridized carbons (Fsp3) is 0.942. The maximum absolute atomic E-state index is 13.0. The Labute approximate surface area is 888 Å². The van der Waals surface area contributed by atoms with Crippen LogP contribution in [0.25, 0.3) is 0 Å². The lowest BCUT2D eigenvalue weighted by atomic mass is 9.94. The Bertz CT molecular complexity index is 2710. The second-order valence-corrected chi connectivity index (χ2v) is 34.0. The zero-order chi connectivity index (χ0) is 107. The standard InChI is InChI=1S/C103H196N2O44/c1-5-6-7-8-9-10-11-12-13-14-15-16-97(106)95-96(102(111)148-103(2,3)4)17-18-98(107)104-22-24-113-26-28-115-30-32-117-34-36-119-38-40-121-42-44-123-46-48-125-50-52-127-54-56-129-58-60-131-62-64-133-66-68-135-70-72-137-74-76-139-78-80-141-82-84-143-86-88-145-90-92-147-94-93-146-91-89-144-87-85-142-83-81-140-79-77-138-75-73-136-71-69-134-67-65-132-63-61-130-59-57-128-55-53-126-51-49-124-47-45-122-43-41-120-39-37-118-35-33-116-31-29-114-27-25-112-23-21-101(110)149-105-99(108)19-20-100(105)109/h96H,5-95H2,1-4H3,(H,104,107)/t96-/m1/s1. The van der Waals surface area contributed by atoms with Crippen molar-refractivity contribution in [3.05, 3.63) is 0 Å². The van der Waals surface area contributed by atoms with Gasteiger partial charge in [-0.05, 0) is 33.6 Å². The zero-order valence-corrected chi connectivity index (χ0v) is 91.3. The summed E-state index contributed by atoms with van der Waals surface area (Å²) in [4.78, 5) is 77.9. The molecule has 3 amide bonds. The molecule has 0 radical (unpaired) electrons. The molecule has 1 aliphatic rings. The second kappa shape index (κ2) is 121. The van der Waals surface area contributed by atoms with E-state index in [2.05, 4.69) is 12.2 Å². The van der Waals surface area contributed by atoms with Crippen molar-refractivity contribution < 1.29 is 209 Å². The van der Waals surface area contributed by atoms with Crippen molar-refractivity contribution in [2.45, 2.75) is 149 Å². The minimum Gasteiger partial charge on any atom is -0.460 e. The van der Waals surface area contributed by atoms with Crippen LogP contribution < -0.4 is 5.32 Å². The summed E-state index contributed by atoms with van der Waals surface area (Å²) >= 11 is 0. The first kappa shape index (κ1) is 143. The van der Waals surface area contributed by atoms with Crippen molar-refractivity contribution in [1.29, 1.82) is 0 Å². The maximum Gasteiger partial charge on any atom is 0.335 e. The number of hydroxylamine groups is 2. The average Bonchev–Trinajstić information content (AvgIpc) is 1.74. The van der Waals surface area contributed by atoms with Crippen LogP contribution in [0.4, 0.5) is 0 Å². The van der Waals surface area contributed by atoms with Crippen molar-refractivity contribution in [2.24, 2.45) is 5.92 Å². The molecule has 0 aromatic carbocycles. The van der Waals surface area contributed by atoms with Gasteiger partial charge in [-0.1, -0.05) is 71.1 Å². The van der Waals surface area contributed by atoms with Crippen molar-refractivity contribution in [2.75, 3.05) is 482 Å². The van der Waals surface area contributed by atoms with Gasteiger partial charge >= 0.3 is 11.9 Å². The molecule has 1 N–H and O–H groups in total. The first-order chi connectivity index (χ1) is 73.4. The SMILES string of the molecule is CCCCCCCCCCCCCC(=O)C[C@@H](CCC(=O)NCCOCCOCCOCCOCCOCCOCCOCCOCCOCCOCCOCCOCCOCCOCCOCCOCCOCCOCCOCCOCCOCCOCCOCCOCCOCCOCCOCCOCCOCCOCCOCCOCCOCCOCCOCCOCCC(=O)ON1C(=O)CCC1=O)C(=O)OC(C)(C)C. The Morgan fingerprint density at radius 2 is 0.409 bits per heavy atom. The Balaban J connectivity index is 1.63. The number of ketones is 1. The number of carbonyl (C=O) groups is 6. The van der Waals surface area contributed by atoms with Gasteiger partial charge in [-0.3, -0.25) is 24.0 Å². The van der Waals surface area contributed by atoms with Gasteiger partial charge in [0.05, 0.1) is 488 Å². The van der Waals surface area contributed by atoms with Crippen LogP contribution in [-0.4, -0.2) is 528 Å². The average molecular weight is 2170 g/mol. The highest BCUT2D eigenvalue weighted by Crippen LogP contribution is 2.22. The molecule has 149 heavy (non-hydrogen) atoms. The minimum atomic E-state index is -0.708. The summed E-state index contributed by atoms with van der Waals surface area (Å²) in [7, 11) is 0. The zero-order valence-electron chi connectivity index (χ0n) is 91.3. The molecule has 1 atom stereocenters. The third kappa shape index (κ3) is 116. The Morgan fingerprint density at radius 3 is 0.597 bits per heavy atom. The highest BCUT2D eigenvalue weighted by Gasteiger charge is 2.33. The summed E-state index contributed by atoms with van der Waals surface area (Å²) in [6, 6.07) is 0. The monoisotopic (exact) mass is 2170 g/mol. The van der Waals surface area contributed by atoms with Crippen LogP contribution in [0.1, 0.15) is 143 Å². The van der Waals surface area contributed by atoms with E-state index < -0.39 is 35.3 Å². The van der Waals surface area contributed by atoms with Gasteiger partial charge in [-0.15, -0.1) is 5.06 Å². The number of esters is 1. The maximum atomic E-state index is 13.0. The number of nitrogens with one attached hydrogen (secondary N) is 1. The number of unbranched alkanes of at least 4 members (excludes halogenated alkanes) is 10. The molecule has 0 aromatic heterocycles. The first-order valence-corrected chi connectivity index (χ1v) is 54.3. The number of amides is 3. The van der Waals surface area contributed by atoms with Gasteiger partial charge < -0.3 is 185 Å². The highest BCUT2D eigenvalue weighted by molar-refractivity contribution is 6.01. The molecule has 0 spiro atoms. The predicted octanol–water partition coefficient (Wildman–Crippen LogP) is 6.10. The summed E-state index contributed by atoms with van der Waals surface area (Å²) in [5, 5.41) is 3.35. The number of rotatable bonds is 130. The van der Waals surface area contributed by atoms with Crippen molar-refractivity contribution >= 4 is 35.4 Å². The molecule has 0 bridgehead atoms. The van der Waals surface area contributed by atoms with Crippen LogP contribution in [-0.2, 0) is 209 Å². The first-order valence-electron chi connectivity index (χ1n) is 54.3. The summed E-state index contributed by atoms with van der Waals surface area (Å²) in [6.45, 7) is 39.9. The second-order valence-electron chi connectivity index (χ2n) is 34.0. The molecule has 46 heteroatoms. The van der Waals surface area contributed by atoms with Gasteiger partial charge in [-0.2, -0.15) is 0 Å². The van der Waals surface area contributed by atoms with Gasteiger partial charge in [0.1, 0.15) is 11.4 Å². The van der Waals surface area contributed by atoms with Crippen LogP contribution in [0, 0.1) is 5.92 Å². The van der Waals surface area contributed by atoms with E-state index in [4.69, 9.17) is 180 Å². The largest absolute Gasteiger partial charge is 0.460 e. The molecule has 1 aliphatic heterocycles. The molecule has 882 valence electrons. The van der Waals surface area contributed by atoms with Crippen LogP contribution >= 0.6 is 0 Å².